The number of rotatable bonds is 8. The predicted octanol–water partition coefficient (Wildman–Crippen LogP) is 4.11. The Morgan fingerprint density at radius 1 is 1.19 bits per heavy atom. The molecule has 0 fully saturated rings. The maximum Gasteiger partial charge on any atom is 0.288 e. The minimum absolute atomic E-state index is 0.125. The van der Waals surface area contributed by atoms with Crippen molar-refractivity contribution in [2.24, 2.45) is 0 Å². The van der Waals surface area contributed by atoms with Gasteiger partial charge in [-0.05, 0) is 43.3 Å². The molecule has 0 radical (unpaired) electrons. The van der Waals surface area contributed by atoms with Crippen molar-refractivity contribution >= 4 is 29.3 Å². The summed E-state index contributed by atoms with van der Waals surface area (Å²) in [5.41, 5.74) is 0.904. The molecule has 5 nitrogen and oxygen atoms in total. The number of benzene rings is 2. The van der Waals surface area contributed by atoms with Crippen molar-refractivity contribution in [3.05, 3.63) is 54.1 Å². The van der Waals surface area contributed by atoms with Gasteiger partial charge in [-0.15, -0.1) is 0 Å². The van der Waals surface area contributed by atoms with Gasteiger partial charge in [0, 0.05) is 28.8 Å². The number of alkyl halides is 2. The van der Waals surface area contributed by atoms with Gasteiger partial charge < -0.3 is 15.0 Å². The van der Waals surface area contributed by atoms with Crippen LogP contribution in [0.5, 0.6) is 5.75 Å². The van der Waals surface area contributed by atoms with Gasteiger partial charge in [0.15, 0.2) is 0 Å². The number of hydrogen-bond donors (Lipinski definition) is 1. The first-order valence-corrected chi connectivity index (χ1v) is 9.09. The average Bonchev–Trinajstić information content (AvgIpc) is 2.66. The summed E-state index contributed by atoms with van der Waals surface area (Å²) in [6.45, 7) is 1.97. The second kappa shape index (κ2) is 9.91. The molecule has 2 rings (SSSR count). The minimum atomic E-state index is -2.51. The Morgan fingerprint density at radius 2 is 1.89 bits per heavy atom. The Balaban J connectivity index is 2.00. The van der Waals surface area contributed by atoms with Crippen LogP contribution in [0.1, 0.15) is 17.3 Å². The number of methoxy groups -OCH3 is 1. The number of nitrogens with one attached hydrogen (secondary N) is 1. The number of amides is 2. The van der Waals surface area contributed by atoms with Crippen LogP contribution < -0.4 is 10.1 Å². The van der Waals surface area contributed by atoms with Crippen LogP contribution in [0.15, 0.2) is 53.4 Å². The highest BCUT2D eigenvalue weighted by Gasteiger charge is 2.18. The highest BCUT2D eigenvalue weighted by atomic mass is 32.2. The van der Waals surface area contributed by atoms with Gasteiger partial charge in [0.2, 0.25) is 5.91 Å². The van der Waals surface area contributed by atoms with E-state index in [1.807, 2.05) is 0 Å². The molecule has 1 N–H and O–H groups in total. The number of thioether (sulfide) groups is 1. The van der Waals surface area contributed by atoms with Crippen molar-refractivity contribution < 1.29 is 23.1 Å². The molecule has 8 heteroatoms. The molecule has 0 aliphatic heterocycles. The fourth-order valence-corrected chi connectivity index (χ4v) is 2.86. The van der Waals surface area contributed by atoms with Crippen molar-refractivity contribution in [2.45, 2.75) is 17.6 Å². The van der Waals surface area contributed by atoms with Crippen LogP contribution in [0.3, 0.4) is 0 Å². The van der Waals surface area contributed by atoms with Gasteiger partial charge in [-0.3, -0.25) is 9.59 Å². The molecule has 0 heterocycles. The van der Waals surface area contributed by atoms with Gasteiger partial charge >= 0.3 is 0 Å². The molecule has 0 unspecified atom stereocenters. The van der Waals surface area contributed by atoms with Crippen LogP contribution in [-0.4, -0.2) is 42.7 Å². The number of ether oxygens (including phenoxy) is 1. The predicted molar refractivity (Wildman–Crippen MR) is 102 cm³/mol. The summed E-state index contributed by atoms with van der Waals surface area (Å²) in [5, 5.41) is 2.72. The van der Waals surface area contributed by atoms with E-state index < -0.39 is 5.76 Å². The second-order valence-corrected chi connectivity index (χ2v) is 6.57. The molecule has 2 aromatic rings. The fraction of sp³-hybridized carbons (Fsp3) is 0.263. The van der Waals surface area contributed by atoms with Gasteiger partial charge in [-0.25, -0.2) is 0 Å². The van der Waals surface area contributed by atoms with Gasteiger partial charge in [0.05, 0.1) is 7.11 Å². The van der Waals surface area contributed by atoms with Crippen LogP contribution in [-0.2, 0) is 4.79 Å². The monoisotopic (exact) mass is 394 g/mol. The fourth-order valence-electron chi connectivity index (χ4n) is 2.36. The van der Waals surface area contributed by atoms with E-state index in [4.69, 9.17) is 4.74 Å². The lowest BCUT2D eigenvalue weighted by molar-refractivity contribution is -0.116. The highest BCUT2D eigenvalue weighted by Crippen LogP contribution is 2.25. The number of anilines is 1. The molecule has 0 aliphatic rings. The quantitative estimate of drug-likeness (QED) is 0.685. The number of halogens is 2. The van der Waals surface area contributed by atoms with Gasteiger partial charge in [-0.2, -0.15) is 8.78 Å². The lowest BCUT2D eigenvalue weighted by Crippen LogP contribution is -2.37. The normalized spacial score (nSPS) is 10.6. The lowest BCUT2D eigenvalue weighted by atomic mass is 10.2. The molecule has 144 valence electrons. The summed E-state index contributed by atoms with van der Waals surface area (Å²) in [5.74, 6) is -2.59. The molecule has 2 amide bonds. The standard InChI is InChI=1S/C19H20F2N2O3S/c1-3-23(12-17(24)22-14-5-4-6-15(11-14)26-2)18(25)13-7-9-16(10-8-13)27-19(20)21/h4-11,19H,3,12H2,1-2H3,(H,22,24). The molecule has 0 spiro atoms. The number of hydrogen-bond acceptors (Lipinski definition) is 4. The van der Waals surface area contributed by atoms with Crippen LogP contribution in [0, 0.1) is 0 Å². The third kappa shape index (κ3) is 6.25. The largest absolute Gasteiger partial charge is 0.497 e. The Kier molecular flexibility index (Phi) is 7.60. The SMILES string of the molecule is CCN(CC(=O)Nc1cccc(OC)c1)C(=O)c1ccc(SC(F)F)cc1. The third-order valence-electron chi connectivity index (χ3n) is 3.68. The van der Waals surface area contributed by atoms with Crippen LogP contribution in [0.25, 0.3) is 0 Å². The van der Waals surface area contributed by atoms with Gasteiger partial charge in [0.25, 0.3) is 11.7 Å². The van der Waals surface area contributed by atoms with E-state index in [-0.39, 0.29) is 18.4 Å². The molecule has 0 aliphatic carbocycles. The van der Waals surface area contributed by atoms with E-state index in [0.29, 0.717) is 40.2 Å². The van der Waals surface area contributed by atoms with Crippen molar-refractivity contribution in [2.75, 3.05) is 25.5 Å². The van der Waals surface area contributed by atoms with Crippen molar-refractivity contribution in [1.29, 1.82) is 0 Å². The van der Waals surface area contributed by atoms with E-state index in [1.54, 1.807) is 31.2 Å². The molecular formula is C19H20F2N2O3S. The molecule has 0 saturated heterocycles. The molecule has 0 atom stereocenters. The van der Waals surface area contributed by atoms with Crippen molar-refractivity contribution in [3.63, 3.8) is 0 Å². The van der Waals surface area contributed by atoms with Crippen LogP contribution >= 0.6 is 11.8 Å². The molecule has 27 heavy (non-hydrogen) atoms. The van der Waals surface area contributed by atoms with E-state index in [0.717, 1.165) is 0 Å². The third-order valence-corrected chi connectivity index (χ3v) is 4.41. The summed E-state index contributed by atoms with van der Waals surface area (Å²) in [6.07, 6.45) is 0. The van der Waals surface area contributed by atoms with Gasteiger partial charge in [-0.1, -0.05) is 17.8 Å². The number of nitrogens with zero attached hydrogens (tertiary/aromatic N) is 1. The van der Waals surface area contributed by atoms with E-state index in [1.165, 1.54) is 36.3 Å². The Bertz CT molecular complexity index is 785. The Morgan fingerprint density at radius 3 is 2.48 bits per heavy atom. The van der Waals surface area contributed by atoms with Gasteiger partial charge in [0.1, 0.15) is 12.3 Å². The Hall–Kier alpha value is -2.61. The van der Waals surface area contributed by atoms with Crippen molar-refractivity contribution in [1.82, 2.24) is 4.90 Å². The second-order valence-electron chi connectivity index (χ2n) is 5.50. The van der Waals surface area contributed by atoms with Crippen LogP contribution in [0.4, 0.5) is 14.5 Å². The maximum absolute atomic E-state index is 12.6. The molecule has 2 aromatic carbocycles. The first-order valence-electron chi connectivity index (χ1n) is 8.21. The van der Waals surface area contributed by atoms with Crippen molar-refractivity contribution in [3.8, 4) is 5.75 Å². The summed E-state index contributed by atoms with van der Waals surface area (Å²) < 4.78 is 29.8. The zero-order valence-corrected chi connectivity index (χ0v) is 15.8. The summed E-state index contributed by atoms with van der Waals surface area (Å²) in [6, 6.07) is 12.8. The topological polar surface area (TPSA) is 58.6 Å². The summed E-state index contributed by atoms with van der Waals surface area (Å²) in [7, 11) is 1.53. The summed E-state index contributed by atoms with van der Waals surface area (Å²) >= 11 is 0.415. The molecular weight excluding hydrogens is 374 g/mol. The first-order chi connectivity index (χ1) is 12.9. The van der Waals surface area contributed by atoms with Crippen LogP contribution in [0.2, 0.25) is 0 Å². The number of carbonyl (C=O) groups excluding carboxylic acids is 2. The zero-order valence-electron chi connectivity index (χ0n) is 14.9. The first kappa shape index (κ1) is 20.7. The zero-order chi connectivity index (χ0) is 19.8. The maximum atomic E-state index is 12.6. The minimum Gasteiger partial charge on any atom is -0.497 e. The molecule has 0 saturated carbocycles. The van der Waals surface area contributed by atoms with E-state index in [2.05, 4.69) is 5.32 Å². The van der Waals surface area contributed by atoms with E-state index in [9.17, 15) is 18.4 Å². The smallest absolute Gasteiger partial charge is 0.288 e. The summed E-state index contributed by atoms with van der Waals surface area (Å²) in [4.78, 5) is 26.6. The van der Waals surface area contributed by atoms with E-state index >= 15 is 0 Å². The molecule has 0 bridgehead atoms. The number of carbonyl (C=O) groups is 2. The highest BCUT2D eigenvalue weighted by molar-refractivity contribution is 7.99. The Labute approximate surface area is 160 Å². The average molecular weight is 394 g/mol. The lowest BCUT2D eigenvalue weighted by Gasteiger charge is -2.20. The molecule has 0 aromatic heterocycles. The number of likely N-dealkylation sites (N-methyl/N-ethyl adjacent to an activating group) is 1.